The molecule has 0 atom stereocenters. The predicted octanol–water partition coefficient (Wildman–Crippen LogP) is 2.65. The van der Waals surface area contributed by atoms with Crippen LogP contribution in [0.1, 0.15) is 23.7 Å². The van der Waals surface area contributed by atoms with Gasteiger partial charge in [0.1, 0.15) is 11.5 Å². The van der Waals surface area contributed by atoms with Gasteiger partial charge in [0, 0.05) is 30.3 Å². The number of Topliss-reactive ketones (excluding diaryl/α,β-unsaturated/α-hetero) is 1. The lowest BCUT2D eigenvalue weighted by Gasteiger charge is -2.29. The molecular weight excluding hydrogens is 348 g/mol. The van der Waals surface area contributed by atoms with E-state index in [1.54, 1.807) is 49.6 Å². The van der Waals surface area contributed by atoms with E-state index < -0.39 is 0 Å². The summed E-state index contributed by atoms with van der Waals surface area (Å²) in [7, 11) is 1.55. The van der Waals surface area contributed by atoms with E-state index >= 15 is 0 Å². The van der Waals surface area contributed by atoms with Gasteiger partial charge in [-0.3, -0.25) is 14.4 Å². The van der Waals surface area contributed by atoms with Gasteiger partial charge in [-0.05, 0) is 37.3 Å². The maximum absolute atomic E-state index is 12.3. The zero-order chi connectivity index (χ0) is 19.4. The Morgan fingerprint density at radius 2 is 2.04 bits per heavy atom. The highest BCUT2D eigenvalue weighted by atomic mass is 16.5. The number of amides is 2. The number of fused-ring (bicyclic) bond motifs is 1. The van der Waals surface area contributed by atoms with Crippen molar-refractivity contribution in [3.05, 3.63) is 48.0 Å². The minimum absolute atomic E-state index is 0.0933. The molecule has 0 fully saturated rings. The first-order valence-electron chi connectivity index (χ1n) is 8.50. The lowest BCUT2D eigenvalue weighted by atomic mass is 10.1. The molecule has 0 aromatic heterocycles. The number of ketones is 1. The number of hydrogen-bond donors (Lipinski definition) is 1. The normalized spacial score (nSPS) is 12.8. The van der Waals surface area contributed by atoms with E-state index in [2.05, 4.69) is 5.32 Å². The Kier molecular flexibility index (Phi) is 5.40. The molecule has 0 bridgehead atoms. The largest absolute Gasteiger partial charge is 0.497 e. The maximum Gasteiger partial charge on any atom is 0.265 e. The van der Waals surface area contributed by atoms with Crippen molar-refractivity contribution in [2.24, 2.45) is 0 Å². The van der Waals surface area contributed by atoms with Crippen LogP contribution < -0.4 is 19.7 Å². The van der Waals surface area contributed by atoms with Crippen LogP contribution in [-0.2, 0) is 9.59 Å². The van der Waals surface area contributed by atoms with Crippen LogP contribution in [0, 0.1) is 0 Å². The van der Waals surface area contributed by atoms with Crippen molar-refractivity contribution in [1.29, 1.82) is 0 Å². The second-order valence-electron chi connectivity index (χ2n) is 6.10. The van der Waals surface area contributed by atoms with Gasteiger partial charge in [0.15, 0.2) is 12.4 Å². The number of ether oxygens (including phenoxy) is 2. The Morgan fingerprint density at radius 1 is 1.22 bits per heavy atom. The van der Waals surface area contributed by atoms with E-state index in [-0.39, 0.29) is 37.2 Å². The molecule has 27 heavy (non-hydrogen) atoms. The summed E-state index contributed by atoms with van der Waals surface area (Å²) < 4.78 is 10.5. The summed E-state index contributed by atoms with van der Waals surface area (Å²) in [6, 6.07) is 12.0. The van der Waals surface area contributed by atoms with Gasteiger partial charge in [-0.15, -0.1) is 0 Å². The quantitative estimate of drug-likeness (QED) is 0.793. The number of carbonyl (C=O) groups is 3. The number of nitrogens with one attached hydrogen (secondary N) is 1. The number of benzene rings is 2. The molecule has 7 nitrogen and oxygen atoms in total. The van der Waals surface area contributed by atoms with Crippen LogP contribution in [0.15, 0.2) is 42.5 Å². The number of methoxy groups -OCH3 is 1. The molecule has 3 rings (SSSR count). The number of anilines is 2. The number of carbonyl (C=O) groups excluding carboxylic acids is 3. The molecule has 0 unspecified atom stereocenters. The van der Waals surface area contributed by atoms with E-state index in [4.69, 9.17) is 9.47 Å². The van der Waals surface area contributed by atoms with Gasteiger partial charge in [0.2, 0.25) is 5.91 Å². The third kappa shape index (κ3) is 4.25. The second-order valence-corrected chi connectivity index (χ2v) is 6.10. The zero-order valence-electron chi connectivity index (χ0n) is 15.2. The Labute approximate surface area is 156 Å². The van der Waals surface area contributed by atoms with E-state index in [1.807, 2.05) is 0 Å². The molecular formula is C20H20N2O5. The van der Waals surface area contributed by atoms with Gasteiger partial charge < -0.3 is 19.7 Å². The summed E-state index contributed by atoms with van der Waals surface area (Å²) in [5.74, 6) is 0.574. The average Bonchev–Trinajstić information content (AvgIpc) is 2.66. The minimum Gasteiger partial charge on any atom is -0.497 e. The first-order chi connectivity index (χ1) is 13.0. The van der Waals surface area contributed by atoms with Crippen LogP contribution in [0.2, 0.25) is 0 Å². The van der Waals surface area contributed by atoms with Crippen molar-refractivity contribution in [3.8, 4) is 11.5 Å². The smallest absolute Gasteiger partial charge is 0.265 e. The van der Waals surface area contributed by atoms with E-state index in [0.29, 0.717) is 28.4 Å². The van der Waals surface area contributed by atoms with Crippen LogP contribution in [0.3, 0.4) is 0 Å². The topological polar surface area (TPSA) is 84.9 Å². The van der Waals surface area contributed by atoms with E-state index in [0.717, 1.165) is 0 Å². The van der Waals surface area contributed by atoms with Crippen LogP contribution in [0.4, 0.5) is 11.4 Å². The van der Waals surface area contributed by atoms with Crippen LogP contribution in [0.25, 0.3) is 0 Å². The monoisotopic (exact) mass is 368 g/mol. The molecule has 0 aliphatic carbocycles. The third-order valence-corrected chi connectivity index (χ3v) is 4.22. The lowest BCUT2D eigenvalue weighted by molar-refractivity contribution is -0.121. The second kappa shape index (κ2) is 7.90. The Hall–Kier alpha value is -3.35. The highest BCUT2D eigenvalue weighted by Gasteiger charge is 2.26. The first-order valence-corrected chi connectivity index (χ1v) is 8.50. The van der Waals surface area contributed by atoms with Crippen LogP contribution in [-0.4, -0.2) is 37.9 Å². The number of nitrogens with zero attached hydrogens (tertiary/aromatic N) is 1. The van der Waals surface area contributed by atoms with E-state index in [9.17, 15) is 14.4 Å². The molecule has 0 saturated heterocycles. The summed E-state index contributed by atoms with van der Waals surface area (Å²) in [5, 5.41) is 2.78. The van der Waals surface area contributed by atoms with Crippen molar-refractivity contribution >= 4 is 29.0 Å². The Balaban J connectivity index is 1.70. The minimum atomic E-state index is -0.252. The number of hydrogen-bond acceptors (Lipinski definition) is 5. The average molecular weight is 368 g/mol. The molecule has 1 heterocycles. The molecule has 0 spiro atoms. The van der Waals surface area contributed by atoms with Crippen molar-refractivity contribution < 1.29 is 23.9 Å². The molecule has 7 heteroatoms. The fourth-order valence-electron chi connectivity index (χ4n) is 2.80. The predicted molar refractivity (Wildman–Crippen MR) is 101 cm³/mol. The van der Waals surface area contributed by atoms with E-state index in [1.165, 1.54) is 11.8 Å². The van der Waals surface area contributed by atoms with Crippen molar-refractivity contribution in [1.82, 2.24) is 0 Å². The molecule has 0 saturated carbocycles. The van der Waals surface area contributed by atoms with Crippen molar-refractivity contribution in [2.45, 2.75) is 13.3 Å². The molecule has 1 aliphatic heterocycles. The van der Waals surface area contributed by atoms with Gasteiger partial charge >= 0.3 is 0 Å². The fraction of sp³-hybridized carbons (Fsp3) is 0.250. The summed E-state index contributed by atoms with van der Waals surface area (Å²) in [5.41, 5.74) is 1.61. The Bertz CT molecular complexity index is 894. The molecule has 2 amide bonds. The lowest BCUT2D eigenvalue weighted by Crippen LogP contribution is -2.40. The fourth-order valence-corrected chi connectivity index (χ4v) is 2.80. The van der Waals surface area contributed by atoms with Crippen LogP contribution >= 0.6 is 0 Å². The van der Waals surface area contributed by atoms with Crippen molar-refractivity contribution in [3.63, 3.8) is 0 Å². The summed E-state index contributed by atoms with van der Waals surface area (Å²) in [4.78, 5) is 37.6. The molecule has 0 radical (unpaired) electrons. The highest BCUT2D eigenvalue weighted by Crippen LogP contribution is 2.33. The van der Waals surface area contributed by atoms with Crippen LogP contribution in [0.5, 0.6) is 11.5 Å². The first kappa shape index (κ1) is 18.4. The van der Waals surface area contributed by atoms with Gasteiger partial charge in [-0.2, -0.15) is 0 Å². The summed E-state index contributed by atoms with van der Waals surface area (Å²) in [6.45, 7) is 1.55. The van der Waals surface area contributed by atoms with Crippen molar-refractivity contribution in [2.75, 3.05) is 30.5 Å². The molecule has 2 aromatic rings. The molecule has 1 N–H and O–H groups in total. The summed E-state index contributed by atoms with van der Waals surface area (Å²) in [6.07, 6.45) is 0.104. The Morgan fingerprint density at radius 3 is 2.78 bits per heavy atom. The molecule has 1 aliphatic rings. The van der Waals surface area contributed by atoms with Gasteiger partial charge in [0.25, 0.3) is 5.91 Å². The highest BCUT2D eigenvalue weighted by molar-refractivity contribution is 6.02. The third-order valence-electron chi connectivity index (χ3n) is 4.22. The number of rotatable bonds is 6. The van der Waals surface area contributed by atoms with Gasteiger partial charge in [0.05, 0.1) is 12.8 Å². The maximum atomic E-state index is 12.3. The molecule has 140 valence electrons. The van der Waals surface area contributed by atoms with Gasteiger partial charge in [-0.25, -0.2) is 0 Å². The summed E-state index contributed by atoms with van der Waals surface area (Å²) >= 11 is 0. The van der Waals surface area contributed by atoms with Gasteiger partial charge in [-0.1, -0.05) is 6.07 Å². The zero-order valence-corrected chi connectivity index (χ0v) is 15.2. The SMILES string of the molecule is COc1cccc(NC(=O)CCN2C(=O)COc3ccc(C(C)=O)cc32)c1. The molecule has 2 aromatic carbocycles. The standard InChI is InChI=1S/C20H20N2O5/c1-13(23)14-6-7-18-17(10-14)22(20(25)12-27-18)9-8-19(24)21-15-4-3-5-16(11-15)26-2/h3-7,10-11H,8-9,12H2,1-2H3,(H,21,24).